The van der Waals surface area contributed by atoms with E-state index < -0.39 is 15.5 Å². The van der Waals surface area contributed by atoms with E-state index in [-0.39, 0.29) is 23.0 Å². The predicted molar refractivity (Wildman–Crippen MR) is 121 cm³/mol. The zero-order chi connectivity index (χ0) is 23.5. The zero-order valence-electron chi connectivity index (χ0n) is 17.5. The summed E-state index contributed by atoms with van der Waals surface area (Å²) in [6.07, 6.45) is 1.93. The molecule has 1 aromatic heterocycles. The second kappa shape index (κ2) is 8.91. The summed E-state index contributed by atoms with van der Waals surface area (Å²) in [5, 5.41) is 29.4. The lowest BCUT2D eigenvalue weighted by Gasteiger charge is -2.13. The van der Waals surface area contributed by atoms with Crippen LogP contribution in [0, 0.1) is 27.2 Å². The highest BCUT2D eigenvalue weighted by molar-refractivity contribution is 6.09. The lowest BCUT2D eigenvalue weighted by molar-refractivity contribution is -0.393. The Bertz CT molecular complexity index is 1280. The molecule has 2 aromatic carbocycles. The molecule has 0 saturated heterocycles. The molecular formula is C22H19N5O6. The van der Waals surface area contributed by atoms with Gasteiger partial charge in [0.1, 0.15) is 11.4 Å². The van der Waals surface area contributed by atoms with E-state index in [0.717, 1.165) is 18.6 Å². The number of anilines is 2. The monoisotopic (exact) mass is 449 g/mol. The van der Waals surface area contributed by atoms with Crippen molar-refractivity contribution in [3.8, 4) is 0 Å². The molecule has 1 amide bonds. The number of nitrogens with one attached hydrogen (secondary N) is 2. The van der Waals surface area contributed by atoms with Gasteiger partial charge in [0, 0.05) is 29.3 Å². The summed E-state index contributed by atoms with van der Waals surface area (Å²) in [7, 11) is 0. The molecule has 1 aliphatic carbocycles. The third kappa shape index (κ3) is 4.42. The summed E-state index contributed by atoms with van der Waals surface area (Å²) in [6.45, 7) is 1.76. The van der Waals surface area contributed by atoms with Crippen molar-refractivity contribution < 1.29 is 19.1 Å². The Morgan fingerprint density at radius 1 is 1.06 bits per heavy atom. The summed E-state index contributed by atoms with van der Waals surface area (Å²) in [6, 6.07) is 12.3. The Morgan fingerprint density at radius 2 is 1.82 bits per heavy atom. The first-order valence-electron chi connectivity index (χ1n) is 10.1. The number of hydrogen-bond donors (Lipinski definition) is 2. The highest BCUT2D eigenvalue weighted by atomic mass is 16.6. The van der Waals surface area contributed by atoms with Gasteiger partial charge in [0.15, 0.2) is 5.76 Å². The number of carbonyl (C=O) groups excluding carboxylic acids is 1. The first-order valence-corrected chi connectivity index (χ1v) is 10.1. The van der Waals surface area contributed by atoms with Crippen LogP contribution >= 0.6 is 0 Å². The van der Waals surface area contributed by atoms with Crippen LogP contribution in [0.1, 0.15) is 40.3 Å². The number of nitro benzene ring substituents is 2. The zero-order valence-corrected chi connectivity index (χ0v) is 17.5. The molecule has 3 aromatic rings. The standard InChI is InChI=1S/C22H19N5O6/c1-13-20-17(25-24-16-11-10-15(26(29)30)12-18(16)27(31)32)8-5-9-19(20)33-21(13)22(28)23-14-6-3-2-4-7-14/h2-4,6-7,10-12,24H,5,8-9H2,1H3,(H,23,28)/b25-17+. The number of hydrazone groups is 1. The molecule has 168 valence electrons. The molecule has 11 nitrogen and oxygen atoms in total. The van der Waals surface area contributed by atoms with Gasteiger partial charge in [-0.3, -0.25) is 30.4 Å². The lowest BCUT2D eigenvalue weighted by Crippen LogP contribution is -2.14. The normalized spacial score (nSPS) is 13.9. The SMILES string of the molecule is Cc1c(C(=O)Nc2ccccc2)oc2c1/C(=N/Nc1ccc([N+](=O)[O-])cc1[N+](=O)[O-])CCC2. The Hall–Kier alpha value is -4.54. The fourth-order valence-corrected chi connectivity index (χ4v) is 3.71. The number of amides is 1. The molecule has 1 aliphatic rings. The van der Waals surface area contributed by atoms with Crippen LogP contribution < -0.4 is 10.7 Å². The van der Waals surface area contributed by atoms with Crippen LogP contribution in [0.15, 0.2) is 58.0 Å². The van der Waals surface area contributed by atoms with Gasteiger partial charge in [0.05, 0.1) is 21.6 Å². The molecule has 2 N–H and O–H groups in total. The maximum Gasteiger partial charge on any atom is 0.301 e. The van der Waals surface area contributed by atoms with E-state index in [2.05, 4.69) is 15.8 Å². The van der Waals surface area contributed by atoms with E-state index in [0.29, 0.717) is 41.1 Å². The van der Waals surface area contributed by atoms with Gasteiger partial charge in [0.25, 0.3) is 11.6 Å². The molecular weight excluding hydrogens is 430 g/mol. The highest BCUT2D eigenvalue weighted by Crippen LogP contribution is 2.32. The Kier molecular flexibility index (Phi) is 5.85. The van der Waals surface area contributed by atoms with Gasteiger partial charge < -0.3 is 9.73 Å². The number of hydrogen-bond acceptors (Lipinski definition) is 8. The van der Waals surface area contributed by atoms with Crippen molar-refractivity contribution in [1.82, 2.24) is 0 Å². The van der Waals surface area contributed by atoms with Crippen molar-refractivity contribution in [1.29, 1.82) is 0 Å². The van der Waals surface area contributed by atoms with Crippen LogP contribution in [0.2, 0.25) is 0 Å². The molecule has 0 fully saturated rings. The first-order chi connectivity index (χ1) is 15.8. The molecule has 0 spiro atoms. The third-order valence-electron chi connectivity index (χ3n) is 5.26. The van der Waals surface area contributed by atoms with E-state index in [1.54, 1.807) is 19.1 Å². The molecule has 0 saturated carbocycles. The van der Waals surface area contributed by atoms with Crippen molar-refractivity contribution in [2.45, 2.75) is 26.2 Å². The second-order valence-corrected chi connectivity index (χ2v) is 7.41. The lowest BCUT2D eigenvalue weighted by atomic mass is 9.93. The van der Waals surface area contributed by atoms with Crippen molar-refractivity contribution >= 4 is 34.4 Å². The summed E-state index contributed by atoms with van der Waals surface area (Å²) in [5.74, 6) is 0.418. The van der Waals surface area contributed by atoms with Gasteiger partial charge in [-0.2, -0.15) is 5.10 Å². The molecule has 0 bridgehead atoms. The number of furan rings is 1. The fourth-order valence-electron chi connectivity index (χ4n) is 3.71. The summed E-state index contributed by atoms with van der Waals surface area (Å²) < 4.78 is 5.85. The molecule has 11 heteroatoms. The number of rotatable bonds is 6. The van der Waals surface area contributed by atoms with Crippen molar-refractivity contribution in [2.75, 3.05) is 10.7 Å². The van der Waals surface area contributed by atoms with Gasteiger partial charge in [-0.15, -0.1) is 0 Å². The van der Waals surface area contributed by atoms with Crippen molar-refractivity contribution in [3.63, 3.8) is 0 Å². The van der Waals surface area contributed by atoms with E-state index >= 15 is 0 Å². The largest absolute Gasteiger partial charge is 0.455 e. The molecule has 0 unspecified atom stereocenters. The molecule has 33 heavy (non-hydrogen) atoms. The van der Waals surface area contributed by atoms with E-state index in [1.807, 2.05) is 18.2 Å². The number of fused-ring (bicyclic) bond motifs is 1. The number of aryl methyl sites for hydroxylation is 1. The van der Waals surface area contributed by atoms with Crippen LogP contribution in [0.4, 0.5) is 22.7 Å². The van der Waals surface area contributed by atoms with Crippen LogP contribution in [0.5, 0.6) is 0 Å². The van der Waals surface area contributed by atoms with Gasteiger partial charge in [-0.1, -0.05) is 18.2 Å². The number of para-hydroxylation sites is 1. The second-order valence-electron chi connectivity index (χ2n) is 7.41. The van der Waals surface area contributed by atoms with Gasteiger partial charge in [0.2, 0.25) is 0 Å². The third-order valence-corrected chi connectivity index (χ3v) is 5.26. The van der Waals surface area contributed by atoms with E-state index in [9.17, 15) is 25.0 Å². The number of nitro groups is 2. The van der Waals surface area contributed by atoms with Crippen LogP contribution in [-0.4, -0.2) is 21.5 Å². The maximum absolute atomic E-state index is 12.8. The number of nitrogens with zero attached hydrogens (tertiary/aromatic N) is 3. The van der Waals surface area contributed by atoms with Crippen molar-refractivity contribution in [3.05, 3.63) is 91.4 Å². The average molecular weight is 449 g/mol. The van der Waals surface area contributed by atoms with E-state index in [4.69, 9.17) is 4.42 Å². The van der Waals surface area contributed by atoms with Crippen LogP contribution in [0.3, 0.4) is 0 Å². The quantitative estimate of drug-likeness (QED) is 0.404. The highest BCUT2D eigenvalue weighted by Gasteiger charge is 2.28. The maximum atomic E-state index is 12.8. The molecule has 0 aliphatic heterocycles. The van der Waals surface area contributed by atoms with Gasteiger partial charge in [-0.25, -0.2) is 0 Å². The van der Waals surface area contributed by atoms with E-state index in [1.165, 1.54) is 6.07 Å². The topological polar surface area (TPSA) is 153 Å². The smallest absolute Gasteiger partial charge is 0.301 e. The van der Waals surface area contributed by atoms with Crippen molar-refractivity contribution in [2.24, 2.45) is 5.10 Å². The summed E-state index contributed by atoms with van der Waals surface area (Å²) >= 11 is 0. The molecule has 0 radical (unpaired) electrons. The number of benzene rings is 2. The Balaban J connectivity index is 1.63. The van der Waals surface area contributed by atoms with Crippen LogP contribution in [0.25, 0.3) is 0 Å². The first kappa shape index (κ1) is 21.7. The minimum absolute atomic E-state index is 0.0217. The van der Waals surface area contributed by atoms with Gasteiger partial charge in [-0.05, 0) is 38.0 Å². The summed E-state index contributed by atoms with van der Waals surface area (Å²) in [4.78, 5) is 33.6. The predicted octanol–water partition coefficient (Wildman–Crippen LogP) is 4.81. The molecule has 4 rings (SSSR count). The number of non-ortho nitro benzene ring substituents is 1. The Morgan fingerprint density at radius 3 is 2.52 bits per heavy atom. The molecule has 1 heterocycles. The fraction of sp³-hybridized carbons (Fsp3) is 0.182. The minimum atomic E-state index is -0.711. The average Bonchev–Trinajstić information content (AvgIpc) is 3.15. The van der Waals surface area contributed by atoms with Gasteiger partial charge >= 0.3 is 5.69 Å². The number of carbonyl (C=O) groups is 1. The summed E-state index contributed by atoms with van der Waals surface area (Å²) in [5.41, 5.74) is 4.37. The molecule has 0 atom stereocenters. The minimum Gasteiger partial charge on any atom is -0.455 e. The Labute approximate surface area is 187 Å². The van der Waals surface area contributed by atoms with Crippen LogP contribution in [-0.2, 0) is 6.42 Å².